The van der Waals surface area contributed by atoms with E-state index in [0.29, 0.717) is 23.0 Å². The average Bonchev–Trinajstić information content (AvgIpc) is 1.55. The van der Waals surface area contributed by atoms with Gasteiger partial charge in [-0.2, -0.15) is 0 Å². The fraction of sp³-hybridized carbons (Fsp3) is 0.526. The summed E-state index contributed by atoms with van der Waals surface area (Å²) >= 11 is 0. The molecule has 11 rings (SSSR count). The molecule has 0 unspecified atom stereocenters. The van der Waals surface area contributed by atoms with Crippen LogP contribution in [0.4, 0.5) is 0 Å². The van der Waals surface area contributed by atoms with Crippen molar-refractivity contribution in [3.8, 4) is 0 Å². The molecule has 22 atom stereocenters. The summed E-state index contributed by atoms with van der Waals surface area (Å²) in [5, 5.41) is 143. The largest absolute Gasteiger partial charge is 0.507 e. The highest BCUT2D eigenvalue weighted by Crippen LogP contribution is 2.59. The maximum atomic E-state index is 15.5. The molecule has 13 N–H and O–H groups in total. The number of rotatable bonds is 10. The summed E-state index contributed by atoms with van der Waals surface area (Å²) in [5.41, 5.74) is -19.5. The van der Waals surface area contributed by atoms with Gasteiger partial charge in [-0.25, -0.2) is 19.2 Å². The average molecular weight is 1510 g/mol. The zero-order valence-electron chi connectivity index (χ0n) is 60.9. The number of fused-ring (bicyclic) bond motifs is 4. The Morgan fingerprint density at radius 3 is 1.10 bits per heavy atom. The Balaban J connectivity index is 1.07. The number of allylic oxidation sites excluding steroid dienone is 9. The van der Waals surface area contributed by atoms with Crippen LogP contribution in [0.1, 0.15) is 94.9 Å². The van der Waals surface area contributed by atoms with Crippen molar-refractivity contribution in [2.75, 3.05) is 33.0 Å². The van der Waals surface area contributed by atoms with Gasteiger partial charge in [0.2, 0.25) is 23.1 Å². The Labute approximate surface area is 619 Å². The van der Waals surface area contributed by atoms with Crippen LogP contribution in [-0.4, -0.2) is 237 Å². The Kier molecular flexibility index (Phi) is 21.5. The topological polar surface area (TPSA) is 490 Å². The monoisotopic (exact) mass is 1510 g/mol. The summed E-state index contributed by atoms with van der Waals surface area (Å²) in [6.07, 6.45) is -0.316. The van der Waals surface area contributed by atoms with Crippen molar-refractivity contribution in [1.29, 1.82) is 0 Å². The molecule has 5 aliphatic carbocycles. The lowest BCUT2D eigenvalue weighted by atomic mass is 9.60. The molecule has 6 aliphatic heterocycles. The number of aliphatic hydroxyl groups is 13. The molecular formula is C78H90O30. The molecule has 582 valence electrons. The van der Waals surface area contributed by atoms with Crippen LogP contribution in [0.2, 0.25) is 0 Å². The summed E-state index contributed by atoms with van der Waals surface area (Å²) in [6.45, 7) is 11.7. The van der Waals surface area contributed by atoms with Crippen LogP contribution in [0.15, 0.2) is 164 Å². The van der Waals surface area contributed by atoms with Crippen LogP contribution in [0.25, 0.3) is 0 Å². The molecule has 0 radical (unpaired) electrons. The van der Waals surface area contributed by atoms with E-state index in [1.54, 1.807) is 27.7 Å². The third-order valence-corrected chi connectivity index (χ3v) is 23.8. The molecule has 0 aromatic rings. The van der Waals surface area contributed by atoms with Gasteiger partial charge in [-0.05, 0) is 111 Å². The fourth-order valence-electron chi connectivity index (χ4n) is 16.9. The van der Waals surface area contributed by atoms with Crippen molar-refractivity contribution in [3.05, 3.63) is 164 Å². The number of aldehydes is 1. The van der Waals surface area contributed by atoms with E-state index in [-0.39, 0.29) is 36.0 Å². The Bertz CT molecular complexity index is 4330. The molecule has 0 amide bonds. The molecule has 30 heteroatoms. The van der Waals surface area contributed by atoms with E-state index < -0.39 is 261 Å². The molecule has 8 bridgehead atoms. The number of ketones is 4. The number of carbonyl (C=O) groups excluding carboxylic acids is 9. The Morgan fingerprint density at radius 1 is 0.435 bits per heavy atom. The van der Waals surface area contributed by atoms with Crippen LogP contribution in [0, 0.1) is 45.3 Å². The van der Waals surface area contributed by atoms with E-state index >= 15 is 19.2 Å². The molecule has 6 heterocycles. The van der Waals surface area contributed by atoms with Gasteiger partial charge in [0.25, 0.3) is 0 Å². The van der Waals surface area contributed by atoms with Gasteiger partial charge in [0.15, 0.2) is 35.0 Å². The second-order valence-corrected chi connectivity index (χ2v) is 30.9. The number of hydrogen-bond acceptors (Lipinski definition) is 30. The minimum atomic E-state index is -2.33. The van der Waals surface area contributed by atoms with E-state index in [2.05, 4.69) is 0 Å². The summed E-state index contributed by atoms with van der Waals surface area (Å²) in [4.78, 5) is 132. The predicted molar refractivity (Wildman–Crippen MR) is 370 cm³/mol. The highest BCUT2D eigenvalue weighted by Gasteiger charge is 2.69. The van der Waals surface area contributed by atoms with Crippen LogP contribution in [0.3, 0.4) is 0 Å². The first-order chi connectivity index (χ1) is 50.6. The van der Waals surface area contributed by atoms with Crippen molar-refractivity contribution in [3.63, 3.8) is 0 Å². The highest BCUT2D eigenvalue weighted by atomic mass is 16.7. The standard InChI is InChI=1S/C78H90O30/c1-35-13-11-17-71(7)27-43(33-101-69-59(91)57(89)55(87)47(31-81)103-69)39(5)23-75(71)61(93)49(65(97)105-75)46(84)16-20-74(10)26-42(30-80)38(4)22-78(74)64(96)52(68(100)108-78)54(86)36(2)14-12-18-72(8)28-44(34-102-70-60(92)58(90)56(88)48(32-82)104-70)40(6)24-76(72)62(94)50(66(98)106-76)45(83)15-19-73(9)25-41(29-79)37(3)21-77(73)63(95)51(53(35)85)67(99)107-77/h11-20,25-29,37-40,47-48,55-60,69-70,80-92H,21-24,30-34H2,1-10H3/b17-11+,18-12+,19-15+,20-16+,35-13+,36-14+,49-46?,50-45?,53-51?,54-52?/t37-,38-,39+,40-,47-,48+,55+,56+,57-,58-,59-,60+,69-,70-,71-,72-,73+,74-,75+,76+,77-,78-/m1/s1. The maximum absolute atomic E-state index is 15.5. The molecule has 6 saturated heterocycles. The Hall–Kier alpha value is -8.73. The van der Waals surface area contributed by atoms with Gasteiger partial charge in [-0.15, -0.1) is 0 Å². The quantitative estimate of drug-likeness (QED) is 0.0491. The number of Topliss-reactive ketones (excluding diaryl/α,β-unsaturated/α-hetero) is 4. The summed E-state index contributed by atoms with van der Waals surface area (Å²) in [6, 6.07) is 0. The van der Waals surface area contributed by atoms with Gasteiger partial charge >= 0.3 is 23.9 Å². The molecular weight excluding hydrogens is 1420 g/mol. The third-order valence-electron chi connectivity index (χ3n) is 23.8. The minimum absolute atomic E-state index is 0.0906. The minimum Gasteiger partial charge on any atom is -0.507 e. The smallest absolute Gasteiger partial charge is 0.346 e. The van der Waals surface area contributed by atoms with E-state index in [4.69, 9.17) is 37.9 Å². The molecule has 11 aliphatic rings. The van der Waals surface area contributed by atoms with Gasteiger partial charge in [-0.1, -0.05) is 101 Å². The van der Waals surface area contributed by atoms with Crippen molar-refractivity contribution < 1.29 is 147 Å². The first kappa shape index (κ1) is 80.3. The number of aliphatic hydroxyl groups excluding tert-OH is 13. The lowest BCUT2D eigenvalue weighted by molar-refractivity contribution is -0.299. The molecule has 0 saturated carbocycles. The van der Waals surface area contributed by atoms with Gasteiger partial charge in [0.1, 0.15) is 100 Å². The molecule has 30 nitrogen and oxygen atoms in total. The second kappa shape index (κ2) is 28.9. The molecule has 6 fully saturated rings. The fourth-order valence-corrected chi connectivity index (χ4v) is 16.9. The van der Waals surface area contributed by atoms with Gasteiger partial charge in [-0.3, -0.25) is 24.0 Å². The maximum Gasteiger partial charge on any atom is 0.346 e. The van der Waals surface area contributed by atoms with E-state index in [0.717, 1.165) is 18.2 Å². The van der Waals surface area contributed by atoms with Crippen LogP contribution in [-0.2, 0) is 81.0 Å². The second-order valence-electron chi connectivity index (χ2n) is 30.9. The number of carbonyl (C=O) groups is 9. The van der Waals surface area contributed by atoms with Crippen molar-refractivity contribution in [1.82, 2.24) is 0 Å². The summed E-state index contributed by atoms with van der Waals surface area (Å²) < 4.78 is 47.5. The zero-order valence-corrected chi connectivity index (χ0v) is 60.9. The van der Waals surface area contributed by atoms with Gasteiger partial charge in [0.05, 0.1) is 54.7 Å². The first-order valence-electron chi connectivity index (χ1n) is 35.3. The lowest BCUT2D eigenvalue weighted by Crippen LogP contribution is -2.59. The van der Waals surface area contributed by atoms with Crippen LogP contribution in [0.5, 0.6) is 0 Å². The van der Waals surface area contributed by atoms with Crippen LogP contribution < -0.4 is 0 Å². The molecule has 108 heavy (non-hydrogen) atoms. The van der Waals surface area contributed by atoms with Crippen molar-refractivity contribution in [2.45, 2.75) is 179 Å². The van der Waals surface area contributed by atoms with Crippen molar-refractivity contribution >= 4 is 53.3 Å². The van der Waals surface area contributed by atoms with Crippen molar-refractivity contribution in [2.24, 2.45) is 45.3 Å². The lowest BCUT2D eigenvalue weighted by Gasteiger charge is -2.46. The highest BCUT2D eigenvalue weighted by molar-refractivity contribution is 6.29. The molecule has 0 aromatic carbocycles. The SMILES string of the molecule is C/C1=C\C=C\[C@]2(C)C=C(CO[C@@H]3O[C@@H](CO)[C@H](O)[C@@H](O)[C@@H]3O)[C@H](C)C[C@@]23OC(=O)C(=C(O)/C=C/[C@@]2(C)C=C(C=O)[C@H](C)C[C@]24OC(=O)C(=C(O)/C(C)=C/C=C/[C@]2(C)C=C(CO[C@@H]5O[C@H](CO)[C@H](O)[C@@H](O)[C@H]5O)[C@@H](C)C[C@@]25OC(=O)C(=C(O)/C=C/[C@]2(C)C=C(CO)[C@H](C)C[C@]26OC(=O)C(=C1O)C6=O)C5=O)C4=O)C3=O. The van der Waals surface area contributed by atoms with Gasteiger partial charge < -0.3 is 104 Å². The summed E-state index contributed by atoms with van der Waals surface area (Å²) in [5.74, 6) is -16.7. The van der Waals surface area contributed by atoms with Crippen LogP contribution >= 0.6 is 0 Å². The van der Waals surface area contributed by atoms with Gasteiger partial charge in [0, 0.05) is 25.7 Å². The number of hydrogen-bond donors (Lipinski definition) is 13. The molecule has 0 aromatic heterocycles. The van der Waals surface area contributed by atoms with E-state index in [1.807, 2.05) is 0 Å². The zero-order chi connectivity index (χ0) is 79.4. The first-order valence-corrected chi connectivity index (χ1v) is 35.3. The third kappa shape index (κ3) is 12.6. The van der Waals surface area contributed by atoms with E-state index in [1.165, 1.54) is 108 Å². The number of ether oxygens (including phenoxy) is 8. The predicted octanol–water partition coefficient (Wildman–Crippen LogP) is 2.54. The number of esters is 4. The summed E-state index contributed by atoms with van der Waals surface area (Å²) in [7, 11) is 0. The Morgan fingerprint density at radius 2 is 0.750 bits per heavy atom. The normalized spacial score (nSPS) is 43.3. The molecule has 4 spiro atoms. The van der Waals surface area contributed by atoms with E-state index in [9.17, 15) is 90.4 Å².